The summed E-state index contributed by atoms with van der Waals surface area (Å²) >= 11 is 1.25. The highest BCUT2D eigenvalue weighted by Crippen LogP contribution is 2.29. The van der Waals surface area contributed by atoms with Crippen molar-refractivity contribution >= 4 is 28.5 Å². The van der Waals surface area contributed by atoms with Gasteiger partial charge in [0.15, 0.2) is 28.2 Å². The molecule has 1 N–H and O–H groups in total. The second-order valence-corrected chi connectivity index (χ2v) is 6.68. The van der Waals surface area contributed by atoms with Crippen LogP contribution in [0.15, 0.2) is 47.9 Å². The van der Waals surface area contributed by atoms with Crippen LogP contribution in [0, 0.1) is 5.82 Å². The topological polar surface area (TPSA) is 69.7 Å². The number of rotatable bonds is 7. The summed E-state index contributed by atoms with van der Waals surface area (Å²) in [6, 6.07) is 9.93. The average molecular weight is 414 g/mol. The number of thiazole rings is 1. The van der Waals surface area contributed by atoms with Gasteiger partial charge in [-0.15, -0.1) is 11.3 Å². The molecule has 0 aliphatic carbocycles. The van der Waals surface area contributed by atoms with Gasteiger partial charge in [-0.05, 0) is 42.0 Å². The Labute approximate surface area is 171 Å². The Balaban J connectivity index is 1.67. The van der Waals surface area contributed by atoms with Crippen LogP contribution in [0.3, 0.4) is 0 Å². The van der Waals surface area contributed by atoms with Crippen molar-refractivity contribution in [2.45, 2.75) is 0 Å². The van der Waals surface area contributed by atoms with Crippen molar-refractivity contribution in [3.8, 4) is 28.5 Å². The molecule has 0 unspecified atom stereocenters. The van der Waals surface area contributed by atoms with Crippen LogP contribution >= 0.6 is 11.3 Å². The summed E-state index contributed by atoms with van der Waals surface area (Å²) in [7, 11) is 4.51. The number of ether oxygens (including phenoxy) is 3. The Hall–Kier alpha value is -3.39. The third-order valence-electron chi connectivity index (χ3n) is 4.02. The lowest BCUT2D eigenvalue weighted by Crippen LogP contribution is -2.07. The van der Waals surface area contributed by atoms with E-state index >= 15 is 0 Å². The van der Waals surface area contributed by atoms with Gasteiger partial charge in [0.1, 0.15) is 0 Å². The number of nitrogens with one attached hydrogen (secondary N) is 1. The maximum Gasteiger partial charge on any atom is 0.250 e. The average Bonchev–Trinajstić information content (AvgIpc) is 3.20. The molecule has 1 heterocycles. The Morgan fingerprint density at radius 3 is 2.45 bits per heavy atom. The largest absolute Gasteiger partial charge is 0.494 e. The molecule has 0 aliphatic rings. The molecule has 150 valence electrons. The molecule has 0 atom stereocenters. The number of carbonyl (C=O) groups excluding carboxylic acids is 1. The molecule has 0 radical (unpaired) electrons. The fourth-order valence-corrected chi connectivity index (χ4v) is 3.29. The summed E-state index contributed by atoms with van der Waals surface area (Å²) in [6.07, 6.45) is 3.06. The lowest BCUT2D eigenvalue weighted by atomic mass is 10.1. The molecule has 0 spiro atoms. The zero-order chi connectivity index (χ0) is 20.8. The van der Waals surface area contributed by atoms with Gasteiger partial charge in [0, 0.05) is 17.0 Å². The third kappa shape index (κ3) is 4.91. The first-order chi connectivity index (χ1) is 14.0. The summed E-state index contributed by atoms with van der Waals surface area (Å²) in [4.78, 5) is 16.5. The summed E-state index contributed by atoms with van der Waals surface area (Å²) in [5.74, 6) is 0.548. The highest BCUT2D eigenvalue weighted by Gasteiger charge is 2.10. The SMILES string of the molecule is COc1ccc(-c2csc(NC(=O)/C=C/c3ccc(OC)c(OC)c3)n2)cc1F. The minimum atomic E-state index is -0.471. The van der Waals surface area contributed by atoms with Crippen LogP contribution in [0.25, 0.3) is 17.3 Å². The molecule has 0 aliphatic heterocycles. The zero-order valence-electron chi connectivity index (χ0n) is 16.1. The normalized spacial score (nSPS) is 10.8. The van der Waals surface area contributed by atoms with Crippen LogP contribution in [0.1, 0.15) is 5.56 Å². The zero-order valence-corrected chi connectivity index (χ0v) is 16.9. The quantitative estimate of drug-likeness (QED) is 0.571. The van der Waals surface area contributed by atoms with Crippen molar-refractivity contribution in [1.29, 1.82) is 0 Å². The van der Waals surface area contributed by atoms with Crippen LogP contribution < -0.4 is 19.5 Å². The van der Waals surface area contributed by atoms with Crippen LogP contribution in [0.5, 0.6) is 17.2 Å². The number of aromatic nitrogens is 1. The highest BCUT2D eigenvalue weighted by atomic mass is 32.1. The van der Waals surface area contributed by atoms with Gasteiger partial charge >= 0.3 is 0 Å². The maximum absolute atomic E-state index is 13.9. The van der Waals surface area contributed by atoms with Crippen LogP contribution in [0.4, 0.5) is 9.52 Å². The molecule has 1 aromatic heterocycles. The van der Waals surface area contributed by atoms with E-state index in [2.05, 4.69) is 10.3 Å². The van der Waals surface area contributed by atoms with Gasteiger partial charge in [-0.3, -0.25) is 10.1 Å². The minimum absolute atomic E-state index is 0.165. The molecule has 2 aromatic carbocycles. The van der Waals surface area contributed by atoms with E-state index in [1.165, 1.54) is 36.7 Å². The van der Waals surface area contributed by atoms with E-state index in [-0.39, 0.29) is 11.7 Å². The second-order valence-electron chi connectivity index (χ2n) is 5.82. The Kier molecular flexibility index (Phi) is 6.46. The molecule has 6 nitrogen and oxygen atoms in total. The molecule has 1 amide bonds. The lowest BCUT2D eigenvalue weighted by molar-refractivity contribution is -0.111. The number of benzene rings is 2. The van der Waals surface area contributed by atoms with E-state index in [0.717, 1.165) is 5.56 Å². The molecule has 29 heavy (non-hydrogen) atoms. The lowest BCUT2D eigenvalue weighted by Gasteiger charge is -2.07. The van der Waals surface area contributed by atoms with Crippen molar-refractivity contribution in [2.24, 2.45) is 0 Å². The van der Waals surface area contributed by atoms with Crippen molar-refractivity contribution in [3.63, 3.8) is 0 Å². The van der Waals surface area contributed by atoms with Gasteiger partial charge in [-0.1, -0.05) is 6.07 Å². The van der Waals surface area contributed by atoms with E-state index in [9.17, 15) is 9.18 Å². The molecule has 3 aromatic rings. The molecular weight excluding hydrogens is 395 g/mol. The van der Waals surface area contributed by atoms with Crippen LogP contribution in [0.2, 0.25) is 0 Å². The monoisotopic (exact) mass is 414 g/mol. The predicted octanol–water partition coefficient (Wildman–Crippen LogP) is 4.63. The first kappa shape index (κ1) is 20.3. The third-order valence-corrected chi connectivity index (χ3v) is 4.77. The van der Waals surface area contributed by atoms with E-state index in [1.807, 2.05) is 6.07 Å². The van der Waals surface area contributed by atoms with E-state index in [4.69, 9.17) is 14.2 Å². The number of amides is 1. The Morgan fingerprint density at radius 2 is 1.76 bits per heavy atom. The summed E-state index contributed by atoms with van der Waals surface area (Å²) in [5.41, 5.74) is 1.95. The van der Waals surface area contributed by atoms with E-state index < -0.39 is 5.82 Å². The van der Waals surface area contributed by atoms with Gasteiger partial charge in [-0.25, -0.2) is 9.37 Å². The van der Waals surface area contributed by atoms with Crippen LogP contribution in [-0.2, 0) is 4.79 Å². The van der Waals surface area contributed by atoms with E-state index in [0.29, 0.717) is 27.9 Å². The van der Waals surface area contributed by atoms with Crippen molar-refractivity contribution < 1.29 is 23.4 Å². The smallest absolute Gasteiger partial charge is 0.250 e. The van der Waals surface area contributed by atoms with Gasteiger partial charge < -0.3 is 14.2 Å². The number of anilines is 1. The van der Waals surface area contributed by atoms with Crippen molar-refractivity contribution in [3.05, 3.63) is 59.2 Å². The molecular formula is C21H19FN2O4S. The number of methoxy groups -OCH3 is 3. The molecule has 0 saturated heterocycles. The molecule has 0 saturated carbocycles. The number of hydrogen-bond acceptors (Lipinski definition) is 6. The van der Waals surface area contributed by atoms with Gasteiger partial charge in [0.05, 0.1) is 27.0 Å². The molecule has 8 heteroatoms. The number of nitrogens with zero attached hydrogens (tertiary/aromatic N) is 1. The van der Waals surface area contributed by atoms with E-state index in [1.54, 1.807) is 43.9 Å². The molecule has 0 fully saturated rings. The fraction of sp³-hybridized carbons (Fsp3) is 0.143. The standard InChI is InChI=1S/C21H19FN2O4S/c1-26-17-8-6-14(11-15(17)22)16-12-29-21(23-16)24-20(25)9-5-13-4-7-18(27-2)19(10-13)28-3/h4-12H,1-3H3,(H,23,24,25)/b9-5+. The highest BCUT2D eigenvalue weighted by molar-refractivity contribution is 7.14. The molecule has 0 bridgehead atoms. The Bertz CT molecular complexity index is 1050. The van der Waals surface area contributed by atoms with Gasteiger partial charge in [0.2, 0.25) is 5.91 Å². The van der Waals surface area contributed by atoms with Gasteiger partial charge in [-0.2, -0.15) is 0 Å². The first-order valence-electron chi connectivity index (χ1n) is 8.54. The second kappa shape index (κ2) is 9.20. The van der Waals surface area contributed by atoms with Gasteiger partial charge in [0.25, 0.3) is 0 Å². The summed E-state index contributed by atoms with van der Waals surface area (Å²) in [5, 5.41) is 4.86. The number of carbonyl (C=O) groups is 1. The predicted molar refractivity (Wildman–Crippen MR) is 111 cm³/mol. The minimum Gasteiger partial charge on any atom is -0.494 e. The van der Waals surface area contributed by atoms with Crippen molar-refractivity contribution in [2.75, 3.05) is 26.6 Å². The summed E-state index contributed by atoms with van der Waals surface area (Å²) in [6.45, 7) is 0. The Morgan fingerprint density at radius 1 is 1.03 bits per heavy atom. The van der Waals surface area contributed by atoms with Crippen LogP contribution in [-0.4, -0.2) is 32.2 Å². The number of hydrogen-bond donors (Lipinski definition) is 1. The molecule has 3 rings (SSSR count). The maximum atomic E-state index is 13.9. The fourth-order valence-electron chi connectivity index (χ4n) is 2.56. The first-order valence-corrected chi connectivity index (χ1v) is 9.42. The van der Waals surface area contributed by atoms with Crippen molar-refractivity contribution in [1.82, 2.24) is 4.98 Å². The summed E-state index contributed by atoms with van der Waals surface area (Å²) < 4.78 is 29.2. The number of halogens is 1.